The number of amides is 1. The van der Waals surface area contributed by atoms with Crippen molar-refractivity contribution in [2.75, 3.05) is 0 Å². The smallest absolute Gasteiger partial charge is 0.303 e. The van der Waals surface area contributed by atoms with Gasteiger partial charge in [0.1, 0.15) is 0 Å². The van der Waals surface area contributed by atoms with Crippen LogP contribution in [0.2, 0.25) is 0 Å². The molecular weight excluding hydrogens is 504 g/mol. The molecule has 0 radical (unpaired) electrons. The summed E-state index contributed by atoms with van der Waals surface area (Å²) < 4.78 is 0. The zero-order chi connectivity index (χ0) is 28.8. The largest absolute Gasteiger partial charge is 0.481 e. The summed E-state index contributed by atoms with van der Waals surface area (Å²) in [6, 6.07) is 9.28. The van der Waals surface area contributed by atoms with Crippen molar-refractivity contribution in [1.82, 2.24) is 5.32 Å². The van der Waals surface area contributed by atoms with E-state index in [1.165, 1.54) is 0 Å². The Hall–Kier alpha value is -1.96. The summed E-state index contributed by atoms with van der Waals surface area (Å²) in [7, 11) is 0. The first kappa shape index (κ1) is 29.5. The molecule has 6 N–H and O–H groups in total. The van der Waals surface area contributed by atoms with Gasteiger partial charge in [0.2, 0.25) is 5.91 Å². The number of carboxylic acids is 1. The Morgan fingerprint density at radius 3 is 2.48 bits per heavy atom. The van der Waals surface area contributed by atoms with Crippen molar-refractivity contribution >= 4 is 11.9 Å². The van der Waals surface area contributed by atoms with Gasteiger partial charge in [0.15, 0.2) is 0 Å². The van der Waals surface area contributed by atoms with Crippen molar-refractivity contribution in [3.05, 3.63) is 35.9 Å². The molecule has 4 fully saturated rings. The van der Waals surface area contributed by atoms with Crippen LogP contribution in [-0.2, 0) is 16.0 Å². The van der Waals surface area contributed by atoms with Gasteiger partial charge in [-0.2, -0.15) is 0 Å². The Kier molecular flexibility index (Phi) is 8.40. The molecule has 0 saturated heterocycles. The number of rotatable bonds is 8. The summed E-state index contributed by atoms with van der Waals surface area (Å²) in [6.45, 7) is 6.81. The number of aliphatic carboxylic acids is 1. The number of hydrogen-bond donors (Lipinski definition) is 5. The van der Waals surface area contributed by atoms with Crippen molar-refractivity contribution in [2.24, 2.45) is 52.1 Å². The molecule has 0 heterocycles. The minimum absolute atomic E-state index is 0.0353. The summed E-state index contributed by atoms with van der Waals surface area (Å²) in [5.74, 6) is 0.485. The van der Waals surface area contributed by atoms with Gasteiger partial charge in [-0.15, -0.1) is 0 Å². The van der Waals surface area contributed by atoms with Gasteiger partial charge < -0.3 is 26.4 Å². The predicted molar refractivity (Wildman–Crippen MR) is 154 cm³/mol. The maximum atomic E-state index is 13.0. The standard InChI is InChI=1S/C33H50N2O5/c1-19(9-12-28(38)39)23-10-11-24-29-26(36)17-21-16-22(35-31(40)25(34)15-20-7-5-4-6-8-20)13-14-32(21,2)30(29)27(37)18-33(23,24)3/h4-8,19,21-27,29-30,36-37H,9-18,34H2,1-3H3,(H,35,40)(H,38,39)/t19-,21+,22-,23-,24+,25+,26-,27-,29-,30+,32+,33-/m1/s1. The number of hydrogen-bond acceptors (Lipinski definition) is 5. The molecule has 1 amide bonds. The third-order valence-electron chi connectivity index (χ3n) is 12.2. The molecule has 0 spiro atoms. The monoisotopic (exact) mass is 554 g/mol. The van der Waals surface area contributed by atoms with E-state index >= 15 is 0 Å². The van der Waals surface area contributed by atoms with Crippen LogP contribution in [0, 0.1) is 46.3 Å². The number of nitrogens with one attached hydrogen (secondary N) is 1. The highest BCUT2D eigenvalue weighted by molar-refractivity contribution is 5.82. The van der Waals surface area contributed by atoms with Crippen molar-refractivity contribution < 1.29 is 24.9 Å². The van der Waals surface area contributed by atoms with Gasteiger partial charge in [-0.25, -0.2) is 0 Å². The van der Waals surface area contributed by atoms with E-state index in [0.29, 0.717) is 31.1 Å². The molecule has 1 aromatic rings. The normalized spacial score (nSPS) is 42.1. The fraction of sp³-hybridized carbons (Fsp3) is 0.758. The highest BCUT2D eigenvalue weighted by Crippen LogP contribution is 2.68. The van der Waals surface area contributed by atoms with E-state index in [1.54, 1.807) is 0 Å². The molecular formula is C33H50N2O5. The highest BCUT2D eigenvalue weighted by Gasteiger charge is 2.65. The third kappa shape index (κ3) is 5.34. The van der Waals surface area contributed by atoms with Crippen LogP contribution in [-0.4, -0.2) is 51.5 Å². The molecule has 1 aromatic carbocycles. The molecule has 40 heavy (non-hydrogen) atoms. The second-order valence-corrected chi connectivity index (χ2v) is 14.4. The zero-order valence-corrected chi connectivity index (χ0v) is 24.5. The van der Waals surface area contributed by atoms with Crippen molar-refractivity contribution in [3.63, 3.8) is 0 Å². The van der Waals surface area contributed by atoms with Gasteiger partial charge in [-0.05, 0) is 110 Å². The highest BCUT2D eigenvalue weighted by atomic mass is 16.4. The molecule has 0 unspecified atom stereocenters. The molecule has 4 aliphatic carbocycles. The van der Waals surface area contributed by atoms with Gasteiger partial charge in [-0.3, -0.25) is 9.59 Å². The zero-order valence-electron chi connectivity index (χ0n) is 24.5. The first-order chi connectivity index (χ1) is 18.9. The van der Waals surface area contributed by atoms with Gasteiger partial charge in [0, 0.05) is 12.5 Å². The molecule has 7 nitrogen and oxygen atoms in total. The summed E-state index contributed by atoms with van der Waals surface area (Å²) in [5, 5.41) is 35.9. The van der Waals surface area contributed by atoms with Crippen LogP contribution in [0.3, 0.4) is 0 Å². The summed E-state index contributed by atoms with van der Waals surface area (Å²) in [5.41, 5.74) is 7.15. The average Bonchev–Trinajstić information content (AvgIpc) is 3.24. The lowest BCUT2D eigenvalue weighted by atomic mass is 9.43. The Balaban J connectivity index is 1.26. The minimum atomic E-state index is -0.748. The van der Waals surface area contributed by atoms with Crippen molar-refractivity contribution in [1.29, 1.82) is 0 Å². The minimum Gasteiger partial charge on any atom is -0.481 e. The number of carbonyl (C=O) groups is 2. The Morgan fingerprint density at radius 2 is 1.77 bits per heavy atom. The molecule has 12 atom stereocenters. The topological polar surface area (TPSA) is 133 Å². The van der Waals surface area contributed by atoms with Crippen LogP contribution in [0.15, 0.2) is 30.3 Å². The van der Waals surface area contributed by atoms with Crippen LogP contribution >= 0.6 is 0 Å². The van der Waals surface area contributed by atoms with Crippen LogP contribution in [0.4, 0.5) is 0 Å². The SMILES string of the molecule is C[C@H](CCC(=O)O)[C@H]1CC[C@H]2[C@H]3[C@H]([C@H](O)C[C@]12C)[C@@]1(C)CC[C@@H](NC(=O)[C@@H](N)Cc2ccccc2)C[C@H]1C[C@H]3O. The van der Waals surface area contributed by atoms with E-state index in [2.05, 4.69) is 26.1 Å². The summed E-state index contributed by atoms with van der Waals surface area (Å²) in [4.78, 5) is 24.2. The maximum Gasteiger partial charge on any atom is 0.303 e. The molecule has 5 rings (SSSR count). The molecule has 4 saturated carbocycles. The quantitative estimate of drug-likeness (QED) is 0.328. The van der Waals surface area contributed by atoms with Crippen LogP contribution in [0.1, 0.15) is 84.1 Å². The average molecular weight is 555 g/mol. The molecule has 7 heteroatoms. The van der Waals surface area contributed by atoms with Crippen molar-refractivity contribution in [2.45, 2.75) is 109 Å². The number of aliphatic hydroxyl groups excluding tert-OH is 2. The van der Waals surface area contributed by atoms with Gasteiger partial charge >= 0.3 is 5.97 Å². The molecule has 4 aliphatic rings. The Morgan fingerprint density at radius 1 is 1.05 bits per heavy atom. The fourth-order valence-corrected chi connectivity index (χ4v) is 10.3. The van der Waals surface area contributed by atoms with E-state index in [9.17, 15) is 24.9 Å². The fourth-order valence-electron chi connectivity index (χ4n) is 10.3. The lowest BCUT2D eigenvalue weighted by molar-refractivity contribution is -0.208. The van der Waals surface area contributed by atoms with E-state index < -0.39 is 24.2 Å². The van der Waals surface area contributed by atoms with Crippen LogP contribution < -0.4 is 11.1 Å². The first-order valence-corrected chi connectivity index (χ1v) is 15.6. The molecule has 0 aliphatic heterocycles. The predicted octanol–water partition coefficient (Wildman–Crippen LogP) is 4.14. The van der Waals surface area contributed by atoms with Gasteiger partial charge in [0.05, 0.1) is 18.2 Å². The van der Waals surface area contributed by atoms with Crippen LogP contribution in [0.25, 0.3) is 0 Å². The molecule has 222 valence electrons. The Bertz CT molecular complexity index is 1070. The van der Waals surface area contributed by atoms with Gasteiger partial charge in [-0.1, -0.05) is 51.1 Å². The lowest BCUT2D eigenvalue weighted by Gasteiger charge is -2.64. The number of aliphatic hydroxyl groups is 2. The summed E-state index contributed by atoms with van der Waals surface area (Å²) >= 11 is 0. The second-order valence-electron chi connectivity index (χ2n) is 14.4. The number of carboxylic acid groups (broad SMARTS) is 1. The molecule has 0 aromatic heterocycles. The third-order valence-corrected chi connectivity index (χ3v) is 12.2. The van der Waals surface area contributed by atoms with E-state index in [0.717, 1.165) is 44.1 Å². The van der Waals surface area contributed by atoms with Crippen molar-refractivity contribution in [3.8, 4) is 0 Å². The number of carbonyl (C=O) groups excluding carboxylic acids is 1. The summed E-state index contributed by atoms with van der Waals surface area (Å²) in [6.07, 6.45) is 6.52. The van der Waals surface area contributed by atoms with E-state index in [-0.39, 0.29) is 52.9 Å². The number of benzene rings is 1. The first-order valence-electron chi connectivity index (χ1n) is 15.6. The van der Waals surface area contributed by atoms with Crippen LogP contribution in [0.5, 0.6) is 0 Å². The van der Waals surface area contributed by atoms with E-state index in [1.807, 2.05) is 30.3 Å². The van der Waals surface area contributed by atoms with Gasteiger partial charge in [0.25, 0.3) is 0 Å². The second kappa shape index (κ2) is 11.4. The van der Waals surface area contributed by atoms with E-state index in [4.69, 9.17) is 5.73 Å². The molecule has 0 bridgehead atoms. The number of nitrogens with two attached hydrogens (primary N) is 1. The number of fused-ring (bicyclic) bond motifs is 5. The maximum absolute atomic E-state index is 13.0. The lowest BCUT2D eigenvalue weighted by Crippen LogP contribution is -2.64. The Labute approximate surface area is 239 Å².